The third-order valence-corrected chi connectivity index (χ3v) is 6.94. The number of anilines is 1. The zero-order valence-electron chi connectivity index (χ0n) is 20.5. The summed E-state index contributed by atoms with van der Waals surface area (Å²) in [6.45, 7) is 3.59. The first-order valence-corrected chi connectivity index (χ1v) is 13.5. The van der Waals surface area contributed by atoms with Gasteiger partial charge in [0.2, 0.25) is 0 Å². The summed E-state index contributed by atoms with van der Waals surface area (Å²) in [5.41, 5.74) is -3.41. The van der Waals surface area contributed by atoms with E-state index in [0.717, 1.165) is 31.4 Å². The molecule has 0 aromatic heterocycles. The highest BCUT2D eigenvalue weighted by Gasteiger charge is 2.35. The fourth-order valence-electron chi connectivity index (χ4n) is 3.59. The summed E-state index contributed by atoms with van der Waals surface area (Å²) in [6.07, 6.45) is 8.13. The first-order valence-electron chi connectivity index (χ1n) is 12.3. The Balaban J connectivity index is 2.24. The van der Waals surface area contributed by atoms with Crippen LogP contribution in [0.3, 0.4) is 0 Å². The smallest absolute Gasteiger partial charge is 0.380 e. The molecule has 1 amide bonds. The van der Waals surface area contributed by atoms with Gasteiger partial charge < -0.3 is 10.4 Å². The van der Waals surface area contributed by atoms with Crippen LogP contribution in [0.1, 0.15) is 102 Å². The first kappa shape index (κ1) is 30.3. The van der Waals surface area contributed by atoms with Crippen LogP contribution in [0.5, 0.6) is 0 Å². The number of amides is 1. The van der Waals surface area contributed by atoms with Gasteiger partial charge in [-0.15, -0.1) is 0 Å². The van der Waals surface area contributed by atoms with Crippen molar-refractivity contribution in [2.45, 2.75) is 103 Å². The minimum absolute atomic E-state index is 0.101. The van der Waals surface area contributed by atoms with E-state index >= 15 is 0 Å². The van der Waals surface area contributed by atoms with Gasteiger partial charge in [-0.1, -0.05) is 64.7 Å². The van der Waals surface area contributed by atoms with Gasteiger partial charge in [0.05, 0.1) is 17.2 Å². The lowest BCUT2D eigenvalue weighted by atomic mass is 9.96. The van der Waals surface area contributed by atoms with Crippen LogP contribution in [0.4, 0.5) is 18.9 Å². The second kappa shape index (κ2) is 16.0. The highest BCUT2D eigenvalue weighted by molar-refractivity contribution is 7.99. The summed E-state index contributed by atoms with van der Waals surface area (Å²) >= 11 is 2.06. The molecule has 0 bridgehead atoms. The number of benzene rings is 1. The van der Waals surface area contributed by atoms with Crippen molar-refractivity contribution < 1.29 is 23.1 Å². The van der Waals surface area contributed by atoms with Crippen molar-refractivity contribution in [3.05, 3.63) is 29.3 Å². The molecule has 0 saturated heterocycles. The highest BCUT2D eigenvalue weighted by Crippen LogP contribution is 2.33. The molecule has 8 heteroatoms. The number of thioether (sulfide) groups is 1. The molecule has 1 aromatic carbocycles. The van der Waals surface area contributed by atoms with E-state index in [1.807, 2.05) is 0 Å². The second-order valence-corrected chi connectivity index (χ2v) is 10.2. The number of hydrogen-bond acceptors (Lipinski definition) is 4. The minimum atomic E-state index is -4.71. The van der Waals surface area contributed by atoms with Crippen LogP contribution in [-0.4, -0.2) is 28.1 Å². The maximum absolute atomic E-state index is 13.1. The van der Waals surface area contributed by atoms with E-state index in [1.165, 1.54) is 75.5 Å². The Morgan fingerprint density at radius 1 is 1.00 bits per heavy atom. The van der Waals surface area contributed by atoms with Gasteiger partial charge in [0, 0.05) is 5.69 Å². The molecule has 0 unspecified atom stereocenters. The van der Waals surface area contributed by atoms with E-state index in [1.54, 1.807) is 0 Å². The van der Waals surface area contributed by atoms with E-state index in [0.29, 0.717) is 6.42 Å². The van der Waals surface area contributed by atoms with Crippen molar-refractivity contribution in [2.75, 3.05) is 16.8 Å². The van der Waals surface area contributed by atoms with E-state index in [-0.39, 0.29) is 12.1 Å². The molecule has 0 spiro atoms. The molecular weight excluding hydrogens is 461 g/mol. The van der Waals surface area contributed by atoms with Gasteiger partial charge in [-0.3, -0.25) is 4.79 Å². The van der Waals surface area contributed by atoms with Gasteiger partial charge in [-0.25, -0.2) is 0 Å². The molecule has 0 fully saturated rings. The quantitative estimate of drug-likeness (QED) is 0.215. The van der Waals surface area contributed by atoms with Crippen LogP contribution in [-0.2, 0) is 11.0 Å². The molecule has 1 rings (SSSR count). The summed E-state index contributed by atoms with van der Waals surface area (Å²) in [5.74, 6) is 1.79. The normalized spacial score (nSPS) is 13.3. The predicted molar refractivity (Wildman–Crippen MR) is 134 cm³/mol. The molecule has 2 N–H and O–H groups in total. The number of rotatable bonds is 17. The van der Waals surface area contributed by atoms with Crippen molar-refractivity contribution in [3.8, 4) is 6.07 Å². The van der Waals surface area contributed by atoms with Gasteiger partial charge in [0.25, 0.3) is 5.91 Å². The number of aliphatic hydroxyl groups is 1. The van der Waals surface area contributed by atoms with Crippen LogP contribution in [0.15, 0.2) is 18.2 Å². The average molecular weight is 501 g/mol. The average Bonchev–Trinajstić information content (AvgIpc) is 2.78. The molecule has 1 aromatic rings. The van der Waals surface area contributed by atoms with Crippen LogP contribution in [0.25, 0.3) is 0 Å². The van der Waals surface area contributed by atoms with E-state index in [4.69, 9.17) is 5.26 Å². The number of nitrogens with one attached hydrogen (secondary N) is 1. The molecule has 1 atom stereocenters. The van der Waals surface area contributed by atoms with Gasteiger partial charge in [0.1, 0.15) is 5.60 Å². The van der Waals surface area contributed by atoms with E-state index < -0.39 is 28.8 Å². The Kier molecular flexibility index (Phi) is 14.3. The van der Waals surface area contributed by atoms with Gasteiger partial charge in [-0.05, 0) is 55.9 Å². The van der Waals surface area contributed by atoms with Gasteiger partial charge in [0.15, 0.2) is 0 Å². The lowest BCUT2D eigenvalue weighted by molar-refractivity contribution is -0.138. The standard InChI is InChI=1S/C26H39F3N2O2S/c1-3-4-17-34-18-13-11-9-7-5-6-8-10-12-16-25(2,33)24(32)31-22-15-14-21(20-30)23(19-22)26(27,28)29/h14-15,19,33H,3-13,16-18H2,1-2H3,(H,31,32)/t25-/m0/s1. The highest BCUT2D eigenvalue weighted by atomic mass is 32.2. The fraction of sp³-hybridized carbons (Fsp3) is 0.692. The number of hydrogen-bond donors (Lipinski definition) is 2. The third-order valence-electron chi connectivity index (χ3n) is 5.79. The summed E-state index contributed by atoms with van der Waals surface area (Å²) in [7, 11) is 0. The molecule has 0 heterocycles. The molecule has 0 aliphatic rings. The van der Waals surface area contributed by atoms with Crippen LogP contribution >= 0.6 is 11.8 Å². The molecule has 0 aliphatic heterocycles. The second-order valence-electron chi connectivity index (χ2n) is 9.00. The van der Waals surface area contributed by atoms with Crippen molar-refractivity contribution in [1.82, 2.24) is 0 Å². The Labute approximate surface area is 206 Å². The van der Waals surface area contributed by atoms with Crippen LogP contribution in [0.2, 0.25) is 0 Å². The number of alkyl halides is 3. The number of nitrogens with zero attached hydrogens (tertiary/aromatic N) is 1. The zero-order chi connectivity index (χ0) is 25.5. The third kappa shape index (κ3) is 12.1. The van der Waals surface area contributed by atoms with Crippen molar-refractivity contribution in [2.24, 2.45) is 0 Å². The minimum Gasteiger partial charge on any atom is -0.380 e. The topological polar surface area (TPSA) is 73.1 Å². The van der Waals surface area contributed by atoms with Crippen molar-refractivity contribution >= 4 is 23.4 Å². The fourth-order valence-corrected chi connectivity index (χ4v) is 4.70. The summed E-state index contributed by atoms with van der Waals surface area (Å²) < 4.78 is 39.3. The number of nitriles is 1. The molecule has 0 aliphatic carbocycles. The van der Waals surface area contributed by atoms with Gasteiger partial charge >= 0.3 is 6.18 Å². The Morgan fingerprint density at radius 2 is 1.56 bits per heavy atom. The lowest BCUT2D eigenvalue weighted by Gasteiger charge is -2.22. The number of halogens is 3. The molecule has 34 heavy (non-hydrogen) atoms. The molecule has 192 valence electrons. The monoisotopic (exact) mass is 500 g/mol. The summed E-state index contributed by atoms with van der Waals surface area (Å²) in [4.78, 5) is 12.4. The van der Waals surface area contributed by atoms with E-state index in [2.05, 4.69) is 24.0 Å². The molecule has 0 saturated carbocycles. The predicted octanol–water partition coefficient (Wildman–Crippen LogP) is 7.70. The molecular formula is C26H39F3N2O2S. The van der Waals surface area contributed by atoms with Crippen molar-refractivity contribution in [3.63, 3.8) is 0 Å². The maximum Gasteiger partial charge on any atom is 0.417 e. The summed E-state index contributed by atoms with van der Waals surface area (Å²) in [6, 6.07) is 4.46. The lowest BCUT2D eigenvalue weighted by Crippen LogP contribution is -2.40. The number of carbonyl (C=O) groups excluding carboxylic acids is 1. The Hall–Kier alpha value is -1.72. The zero-order valence-corrected chi connectivity index (χ0v) is 21.3. The van der Waals surface area contributed by atoms with Crippen LogP contribution < -0.4 is 5.32 Å². The number of unbranched alkanes of at least 4 members (excludes halogenated alkanes) is 9. The van der Waals surface area contributed by atoms with Crippen LogP contribution in [0, 0.1) is 11.3 Å². The number of carbonyl (C=O) groups is 1. The Morgan fingerprint density at radius 3 is 2.12 bits per heavy atom. The summed E-state index contributed by atoms with van der Waals surface area (Å²) in [5, 5.41) is 21.7. The van der Waals surface area contributed by atoms with E-state index in [9.17, 15) is 23.1 Å². The Bertz CT molecular complexity index is 776. The first-order chi connectivity index (χ1) is 16.1. The maximum atomic E-state index is 13.1. The van der Waals surface area contributed by atoms with Gasteiger partial charge in [-0.2, -0.15) is 30.2 Å². The molecule has 4 nitrogen and oxygen atoms in total. The van der Waals surface area contributed by atoms with Crippen molar-refractivity contribution in [1.29, 1.82) is 5.26 Å². The largest absolute Gasteiger partial charge is 0.417 e. The molecule has 0 radical (unpaired) electrons. The SMILES string of the molecule is CCCCSCCCCCCCCCCC[C@](C)(O)C(=O)Nc1ccc(C#N)c(C(F)(F)F)c1.